The van der Waals surface area contributed by atoms with Crippen LogP contribution in [0, 0.1) is 0 Å². The van der Waals surface area contributed by atoms with Gasteiger partial charge >= 0.3 is 0 Å². The number of aliphatic hydroxyl groups excluding tert-OH is 1. The lowest BCUT2D eigenvalue weighted by Crippen LogP contribution is -2.43. The minimum absolute atomic E-state index is 0.0230. The average Bonchev–Trinajstić information content (AvgIpc) is 3.55. The van der Waals surface area contributed by atoms with Gasteiger partial charge in [0.15, 0.2) is 11.5 Å². The molecule has 1 N–H and O–H groups in total. The summed E-state index contributed by atoms with van der Waals surface area (Å²) in [5.74, 6) is -0.861. The van der Waals surface area contributed by atoms with Crippen LogP contribution in [0.25, 0.3) is 0 Å². The molecule has 1 amide bonds. The fourth-order valence-electron chi connectivity index (χ4n) is 4.56. The minimum Gasteiger partial charge on any atom is -0.503 e. The van der Waals surface area contributed by atoms with Gasteiger partial charge in [-0.1, -0.05) is 42.5 Å². The summed E-state index contributed by atoms with van der Waals surface area (Å²) in [6.45, 7) is 4.24. The number of hydrogen-bond acceptors (Lipinski definition) is 7. The van der Waals surface area contributed by atoms with E-state index in [1.165, 1.54) is 12.3 Å². The number of furan rings is 1. The second-order valence-electron chi connectivity index (χ2n) is 8.77. The Hall–Kier alpha value is -3.88. The highest BCUT2D eigenvalue weighted by Gasteiger charge is 2.44. The smallest absolute Gasteiger partial charge is 0.290 e. The number of carbonyl (C=O) groups is 2. The number of nitrogens with zero attached hydrogens (tertiary/aromatic N) is 2. The van der Waals surface area contributed by atoms with E-state index in [0.29, 0.717) is 44.2 Å². The highest BCUT2D eigenvalue weighted by molar-refractivity contribution is 6.15. The number of morpholine rings is 1. The van der Waals surface area contributed by atoms with Gasteiger partial charge in [-0.2, -0.15) is 0 Å². The van der Waals surface area contributed by atoms with E-state index in [4.69, 9.17) is 13.9 Å². The van der Waals surface area contributed by atoms with Crippen molar-refractivity contribution in [1.29, 1.82) is 0 Å². The molecule has 2 aromatic carbocycles. The molecule has 0 radical (unpaired) electrons. The van der Waals surface area contributed by atoms with Gasteiger partial charge < -0.3 is 23.9 Å². The third-order valence-corrected chi connectivity index (χ3v) is 6.50. The van der Waals surface area contributed by atoms with Gasteiger partial charge in [0.25, 0.3) is 5.91 Å². The first-order valence-electron chi connectivity index (χ1n) is 12.0. The molecule has 0 saturated carbocycles. The average molecular weight is 489 g/mol. The van der Waals surface area contributed by atoms with E-state index in [2.05, 4.69) is 4.90 Å². The molecule has 36 heavy (non-hydrogen) atoms. The number of benzene rings is 2. The number of rotatable bonds is 9. The maximum Gasteiger partial charge on any atom is 0.290 e. The summed E-state index contributed by atoms with van der Waals surface area (Å²) in [5, 5.41) is 10.8. The van der Waals surface area contributed by atoms with Gasteiger partial charge in [0, 0.05) is 26.2 Å². The van der Waals surface area contributed by atoms with Gasteiger partial charge in [-0.15, -0.1) is 0 Å². The van der Waals surface area contributed by atoms with Crippen molar-refractivity contribution in [2.24, 2.45) is 0 Å². The summed E-state index contributed by atoms with van der Waals surface area (Å²) in [7, 11) is 0. The number of amides is 1. The van der Waals surface area contributed by atoms with E-state index >= 15 is 0 Å². The molecule has 2 aliphatic rings. The van der Waals surface area contributed by atoms with Crippen LogP contribution in [0.5, 0.6) is 5.75 Å². The Morgan fingerprint density at radius 2 is 1.72 bits per heavy atom. The van der Waals surface area contributed by atoms with Crippen LogP contribution in [0.2, 0.25) is 0 Å². The van der Waals surface area contributed by atoms with E-state index in [0.717, 1.165) is 18.7 Å². The molecule has 0 bridgehead atoms. The van der Waals surface area contributed by atoms with Crippen LogP contribution in [0.15, 0.2) is 88.7 Å². The topological polar surface area (TPSA) is 92.5 Å². The van der Waals surface area contributed by atoms with Crippen molar-refractivity contribution in [1.82, 2.24) is 9.80 Å². The van der Waals surface area contributed by atoms with Gasteiger partial charge in [-0.05, 0) is 35.4 Å². The van der Waals surface area contributed by atoms with Crippen molar-refractivity contribution in [3.05, 3.63) is 101 Å². The molecule has 1 fully saturated rings. The summed E-state index contributed by atoms with van der Waals surface area (Å²) in [4.78, 5) is 30.2. The highest BCUT2D eigenvalue weighted by atomic mass is 16.5. The van der Waals surface area contributed by atoms with E-state index in [1.54, 1.807) is 11.0 Å². The third-order valence-electron chi connectivity index (χ3n) is 6.50. The Balaban J connectivity index is 1.39. The molecule has 5 rings (SSSR count). The zero-order valence-electron chi connectivity index (χ0n) is 19.8. The van der Waals surface area contributed by atoms with Crippen molar-refractivity contribution in [3.63, 3.8) is 0 Å². The summed E-state index contributed by atoms with van der Waals surface area (Å²) in [6, 6.07) is 19.5. The normalized spacial score (nSPS) is 18.6. The second kappa shape index (κ2) is 10.8. The first kappa shape index (κ1) is 23.8. The van der Waals surface area contributed by atoms with Crippen molar-refractivity contribution in [2.75, 3.05) is 39.4 Å². The van der Waals surface area contributed by atoms with Crippen molar-refractivity contribution in [2.45, 2.75) is 12.6 Å². The Bertz CT molecular complexity index is 1210. The maximum absolute atomic E-state index is 13.3. The van der Waals surface area contributed by atoms with Crippen molar-refractivity contribution < 1.29 is 28.6 Å². The molecular weight excluding hydrogens is 460 g/mol. The van der Waals surface area contributed by atoms with E-state index in [9.17, 15) is 14.7 Å². The van der Waals surface area contributed by atoms with E-state index in [1.807, 2.05) is 54.6 Å². The Morgan fingerprint density at radius 1 is 0.972 bits per heavy atom. The fourth-order valence-corrected chi connectivity index (χ4v) is 4.56. The van der Waals surface area contributed by atoms with Crippen molar-refractivity contribution in [3.8, 4) is 5.75 Å². The van der Waals surface area contributed by atoms with Gasteiger partial charge in [0.1, 0.15) is 12.4 Å². The van der Waals surface area contributed by atoms with Crippen molar-refractivity contribution >= 4 is 11.7 Å². The number of hydrogen-bond donors (Lipinski definition) is 1. The lowest BCUT2D eigenvalue weighted by atomic mass is 9.95. The summed E-state index contributed by atoms with van der Waals surface area (Å²) >= 11 is 0. The molecule has 2 aliphatic heterocycles. The standard InChI is InChI=1S/C28H28N2O6/c31-26(23-7-4-16-35-23)24-25(30(28(33)27(24)32)13-12-29-14-17-34-18-15-29)21-8-10-22(11-9-21)36-19-20-5-2-1-3-6-20/h1-11,16,25,32H,12-15,17-19H2/t25-/m0/s1. The maximum atomic E-state index is 13.3. The van der Waals surface area contributed by atoms with Crippen LogP contribution in [0.1, 0.15) is 27.7 Å². The third kappa shape index (κ3) is 5.05. The molecule has 3 aromatic rings. The predicted molar refractivity (Wildman–Crippen MR) is 132 cm³/mol. The van der Waals surface area contributed by atoms with E-state index < -0.39 is 23.5 Å². The first-order valence-corrected chi connectivity index (χ1v) is 12.0. The molecule has 1 saturated heterocycles. The number of aliphatic hydroxyl groups is 1. The molecule has 0 spiro atoms. The van der Waals surface area contributed by atoms with Crippen LogP contribution in [-0.4, -0.2) is 66.0 Å². The van der Waals surface area contributed by atoms with Gasteiger partial charge in [-0.25, -0.2) is 0 Å². The van der Waals surface area contributed by atoms with Crippen LogP contribution in [0.3, 0.4) is 0 Å². The number of ketones is 1. The Kier molecular flexibility index (Phi) is 7.16. The van der Waals surface area contributed by atoms with Gasteiger partial charge in [0.2, 0.25) is 5.78 Å². The molecule has 1 aromatic heterocycles. The number of ether oxygens (including phenoxy) is 2. The van der Waals surface area contributed by atoms with Crippen LogP contribution in [0.4, 0.5) is 0 Å². The largest absolute Gasteiger partial charge is 0.503 e. The molecule has 8 nitrogen and oxygen atoms in total. The summed E-state index contributed by atoms with van der Waals surface area (Å²) < 4.78 is 16.6. The lowest BCUT2D eigenvalue weighted by Gasteiger charge is -2.31. The molecule has 3 heterocycles. The molecule has 8 heteroatoms. The van der Waals surface area contributed by atoms with E-state index in [-0.39, 0.29) is 11.3 Å². The molecule has 0 unspecified atom stereocenters. The summed E-state index contributed by atoms with van der Waals surface area (Å²) in [6.07, 6.45) is 1.39. The second-order valence-corrected chi connectivity index (χ2v) is 8.77. The monoisotopic (exact) mass is 488 g/mol. The van der Waals surface area contributed by atoms with Gasteiger partial charge in [-0.3, -0.25) is 14.5 Å². The minimum atomic E-state index is -0.737. The lowest BCUT2D eigenvalue weighted by molar-refractivity contribution is -0.129. The Labute approximate surface area is 209 Å². The Morgan fingerprint density at radius 3 is 2.42 bits per heavy atom. The molecular formula is C28H28N2O6. The zero-order chi connectivity index (χ0) is 24.9. The zero-order valence-corrected chi connectivity index (χ0v) is 19.8. The first-order chi connectivity index (χ1) is 17.6. The molecule has 186 valence electrons. The number of carbonyl (C=O) groups excluding carboxylic acids is 2. The highest BCUT2D eigenvalue weighted by Crippen LogP contribution is 2.39. The molecule has 1 atom stereocenters. The van der Waals surface area contributed by atoms with Crippen LogP contribution >= 0.6 is 0 Å². The SMILES string of the molecule is O=C(C1=C(O)C(=O)N(CCN2CCOCC2)[C@H]1c1ccc(OCc2ccccc2)cc1)c1ccco1. The number of Topliss-reactive ketones (excluding diaryl/α,β-unsaturated/α-hetero) is 1. The predicted octanol–water partition coefficient (Wildman–Crippen LogP) is 3.77. The quantitative estimate of drug-likeness (QED) is 0.459. The molecule has 0 aliphatic carbocycles. The van der Waals surface area contributed by atoms with Crippen LogP contribution < -0.4 is 4.74 Å². The van der Waals surface area contributed by atoms with Crippen LogP contribution in [-0.2, 0) is 16.1 Å². The fraction of sp³-hybridized carbons (Fsp3) is 0.286. The van der Waals surface area contributed by atoms with Gasteiger partial charge in [0.05, 0.1) is 31.1 Å². The summed E-state index contributed by atoms with van der Waals surface area (Å²) in [5.41, 5.74) is 1.78.